The highest BCUT2D eigenvalue weighted by molar-refractivity contribution is 5.33. The summed E-state index contributed by atoms with van der Waals surface area (Å²) in [5.74, 6) is -0.177. The van der Waals surface area contributed by atoms with E-state index in [9.17, 15) is 4.39 Å². The minimum atomic E-state index is -0.177. The molecule has 1 fully saturated rings. The van der Waals surface area contributed by atoms with Gasteiger partial charge in [0.2, 0.25) is 0 Å². The number of rotatable bonds is 1. The Morgan fingerprint density at radius 2 is 1.94 bits per heavy atom. The first-order valence-electron chi connectivity index (χ1n) is 6.40. The molecule has 94 valence electrons. The molecule has 1 aromatic rings. The van der Waals surface area contributed by atoms with Crippen molar-refractivity contribution < 1.29 is 4.39 Å². The van der Waals surface area contributed by atoms with Gasteiger partial charge in [-0.25, -0.2) is 4.39 Å². The van der Waals surface area contributed by atoms with Gasteiger partial charge < -0.3 is 11.1 Å². The van der Waals surface area contributed by atoms with E-state index in [-0.39, 0.29) is 5.82 Å². The van der Waals surface area contributed by atoms with Gasteiger partial charge in [0, 0.05) is 17.8 Å². The second-order valence-electron chi connectivity index (χ2n) is 5.02. The van der Waals surface area contributed by atoms with Crippen LogP contribution >= 0.6 is 0 Å². The molecular weight excluding hydrogens is 227 g/mol. The lowest BCUT2D eigenvalue weighted by Gasteiger charge is -2.35. The number of allylic oxidation sites excluding steroid dienone is 1. The molecule has 3 N–H and O–H groups in total. The van der Waals surface area contributed by atoms with Gasteiger partial charge in [-0.2, -0.15) is 0 Å². The Bertz CT molecular complexity index is 502. The Balaban J connectivity index is 1.76. The number of halogens is 1. The number of hydrogen-bond donors (Lipinski definition) is 2. The van der Waals surface area contributed by atoms with Gasteiger partial charge in [-0.05, 0) is 43.0 Å². The van der Waals surface area contributed by atoms with Crippen LogP contribution in [0, 0.1) is 5.82 Å². The maximum atomic E-state index is 12.9. The minimum absolute atomic E-state index is 0.177. The van der Waals surface area contributed by atoms with E-state index in [1.165, 1.54) is 17.7 Å². The zero-order chi connectivity index (χ0) is 12.5. The molecule has 0 saturated carbocycles. The highest BCUT2D eigenvalue weighted by atomic mass is 19.1. The van der Waals surface area contributed by atoms with Crippen LogP contribution in [0.1, 0.15) is 30.9 Å². The lowest BCUT2D eigenvalue weighted by atomic mass is 9.85. The molecule has 0 bridgehead atoms. The van der Waals surface area contributed by atoms with Gasteiger partial charge in [0.25, 0.3) is 0 Å². The molecule has 0 amide bonds. The van der Waals surface area contributed by atoms with E-state index in [1.54, 1.807) is 0 Å². The third-order valence-electron chi connectivity index (χ3n) is 3.79. The summed E-state index contributed by atoms with van der Waals surface area (Å²) in [6.07, 6.45) is 7.21. The lowest BCUT2D eigenvalue weighted by Crippen LogP contribution is -2.39. The Kier molecular flexibility index (Phi) is 2.92. The highest BCUT2D eigenvalue weighted by Gasteiger charge is 2.26. The van der Waals surface area contributed by atoms with Crippen LogP contribution in [0.25, 0.3) is 0 Å². The molecule has 2 aliphatic rings. The maximum Gasteiger partial charge on any atom is 0.123 e. The lowest BCUT2D eigenvalue weighted by molar-refractivity contribution is 0.390. The quantitative estimate of drug-likeness (QED) is 0.797. The highest BCUT2D eigenvalue weighted by Crippen LogP contribution is 2.32. The predicted molar refractivity (Wildman–Crippen MR) is 70.3 cm³/mol. The number of nitrogens with two attached hydrogens (primary N) is 1. The van der Waals surface area contributed by atoms with Crippen molar-refractivity contribution in [3.63, 3.8) is 0 Å². The van der Waals surface area contributed by atoms with Crippen molar-refractivity contribution in [2.45, 2.75) is 31.3 Å². The van der Waals surface area contributed by atoms with Gasteiger partial charge in [0.1, 0.15) is 5.82 Å². The summed E-state index contributed by atoms with van der Waals surface area (Å²) >= 11 is 0. The molecule has 0 radical (unpaired) electrons. The summed E-state index contributed by atoms with van der Waals surface area (Å²) < 4.78 is 12.9. The van der Waals surface area contributed by atoms with Crippen LogP contribution in [0.5, 0.6) is 0 Å². The minimum Gasteiger partial charge on any atom is -0.399 e. The SMILES string of the molecule is NC1=CC[C@@H]2N[C@H](c3ccc(F)cc3)CCC2=C1. The van der Waals surface area contributed by atoms with Gasteiger partial charge in [0.15, 0.2) is 0 Å². The summed E-state index contributed by atoms with van der Waals surface area (Å²) in [5.41, 5.74) is 9.26. The third-order valence-corrected chi connectivity index (χ3v) is 3.79. The summed E-state index contributed by atoms with van der Waals surface area (Å²) in [5, 5.41) is 3.62. The Morgan fingerprint density at radius 3 is 2.72 bits per heavy atom. The first-order chi connectivity index (χ1) is 8.72. The van der Waals surface area contributed by atoms with E-state index in [0.717, 1.165) is 30.5 Å². The molecule has 18 heavy (non-hydrogen) atoms. The number of benzene rings is 1. The standard InChI is InChI=1S/C15H17FN2/c16-12-4-1-10(2-5-12)14-7-3-11-9-13(17)6-8-15(11)18-14/h1-2,4-6,9,14-15,18H,3,7-8,17H2/t14-,15-/m0/s1. The molecule has 3 rings (SSSR count). The summed E-state index contributed by atoms with van der Waals surface area (Å²) in [6.45, 7) is 0. The van der Waals surface area contributed by atoms with Crippen LogP contribution in [0.4, 0.5) is 4.39 Å². The first kappa shape index (κ1) is 11.5. The Morgan fingerprint density at radius 1 is 1.17 bits per heavy atom. The number of fused-ring (bicyclic) bond motifs is 1. The zero-order valence-electron chi connectivity index (χ0n) is 10.2. The van der Waals surface area contributed by atoms with Crippen LogP contribution < -0.4 is 11.1 Å². The second-order valence-corrected chi connectivity index (χ2v) is 5.02. The topological polar surface area (TPSA) is 38.0 Å². The number of hydrogen-bond acceptors (Lipinski definition) is 2. The average Bonchev–Trinajstić information content (AvgIpc) is 2.39. The van der Waals surface area contributed by atoms with Crippen molar-refractivity contribution in [2.75, 3.05) is 0 Å². The van der Waals surface area contributed by atoms with Gasteiger partial charge in [-0.15, -0.1) is 0 Å². The van der Waals surface area contributed by atoms with Crippen molar-refractivity contribution >= 4 is 0 Å². The number of piperidine rings is 1. The van der Waals surface area contributed by atoms with E-state index in [1.807, 2.05) is 12.1 Å². The third kappa shape index (κ3) is 2.18. The Labute approximate surface area is 106 Å². The second kappa shape index (κ2) is 4.58. The van der Waals surface area contributed by atoms with Crippen LogP contribution in [-0.4, -0.2) is 6.04 Å². The van der Waals surface area contributed by atoms with Gasteiger partial charge in [-0.1, -0.05) is 23.8 Å². The molecule has 2 nitrogen and oxygen atoms in total. The van der Waals surface area contributed by atoms with Crippen molar-refractivity contribution in [3.8, 4) is 0 Å². The Hall–Kier alpha value is -1.61. The average molecular weight is 244 g/mol. The zero-order valence-corrected chi connectivity index (χ0v) is 10.2. The molecular formula is C15H17FN2. The molecule has 1 saturated heterocycles. The van der Waals surface area contributed by atoms with Gasteiger partial charge >= 0.3 is 0 Å². The summed E-state index contributed by atoms with van der Waals surface area (Å²) in [6, 6.07) is 7.51. The van der Waals surface area contributed by atoms with E-state index < -0.39 is 0 Å². The fraction of sp³-hybridized carbons (Fsp3) is 0.333. The van der Waals surface area contributed by atoms with Gasteiger partial charge in [0.05, 0.1) is 0 Å². The normalized spacial score (nSPS) is 27.2. The first-order valence-corrected chi connectivity index (χ1v) is 6.40. The smallest absolute Gasteiger partial charge is 0.123 e. The van der Waals surface area contributed by atoms with Crippen molar-refractivity contribution in [2.24, 2.45) is 5.73 Å². The molecule has 2 atom stereocenters. The fourth-order valence-corrected chi connectivity index (χ4v) is 2.80. The molecule has 1 heterocycles. The van der Waals surface area contributed by atoms with Crippen molar-refractivity contribution in [1.29, 1.82) is 0 Å². The van der Waals surface area contributed by atoms with Crippen LogP contribution in [0.2, 0.25) is 0 Å². The number of nitrogens with one attached hydrogen (secondary N) is 1. The molecule has 3 heteroatoms. The molecule has 0 aromatic heterocycles. The largest absolute Gasteiger partial charge is 0.399 e. The summed E-state index contributed by atoms with van der Waals surface area (Å²) in [7, 11) is 0. The molecule has 1 aliphatic carbocycles. The predicted octanol–water partition coefficient (Wildman–Crippen LogP) is 2.79. The van der Waals surface area contributed by atoms with E-state index in [4.69, 9.17) is 5.73 Å². The van der Waals surface area contributed by atoms with Crippen LogP contribution in [-0.2, 0) is 0 Å². The summed E-state index contributed by atoms with van der Waals surface area (Å²) in [4.78, 5) is 0. The van der Waals surface area contributed by atoms with E-state index in [2.05, 4.69) is 17.5 Å². The van der Waals surface area contributed by atoms with Crippen molar-refractivity contribution in [1.82, 2.24) is 5.32 Å². The van der Waals surface area contributed by atoms with Crippen LogP contribution in [0.15, 0.2) is 47.7 Å². The molecule has 1 aliphatic heterocycles. The van der Waals surface area contributed by atoms with E-state index >= 15 is 0 Å². The molecule has 1 aromatic carbocycles. The van der Waals surface area contributed by atoms with Gasteiger partial charge in [-0.3, -0.25) is 0 Å². The van der Waals surface area contributed by atoms with Crippen LogP contribution in [0.3, 0.4) is 0 Å². The van der Waals surface area contributed by atoms with Crippen molar-refractivity contribution in [3.05, 3.63) is 59.1 Å². The maximum absolute atomic E-state index is 12.9. The monoisotopic (exact) mass is 244 g/mol. The van der Waals surface area contributed by atoms with E-state index in [0.29, 0.717) is 12.1 Å². The molecule has 0 unspecified atom stereocenters. The fourth-order valence-electron chi connectivity index (χ4n) is 2.80. The molecule has 0 spiro atoms.